The molecule has 0 spiro atoms. The Kier molecular flexibility index (Phi) is 4.84. The van der Waals surface area contributed by atoms with Crippen LogP contribution in [-0.2, 0) is 13.0 Å². The Morgan fingerprint density at radius 1 is 1.23 bits per heavy atom. The van der Waals surface area contributed by atoms with Gasteiger partial charge in [0.2, 0.25) is 0 Å². The molecule has 0 unspecified atom stereocenters. The second-order valence-corrected chi connectivity index (χ2v) is 7.32. The number of hydrogen-bond acceptors (Lipinski definition) is 2. The fraction of sp³-hybridized carbons (Fsp3) is 0.778. The molecular formula is C18H29N3O. The molecule has 2 aliphatic rings. The Morgan fingerprint density at radius 3 is 2.86 bits per heavy atom. The minimum atomic E-state index is 0.232. The fourth-order valence-electron chi connectivity index (χ4n) is 3.99. The Hall–Kier alpha value is -1.32. The lowest BCUT2D eigenvalue weighted by molar-refractivity contribution is 0.0659. The third kappa shape index (κ3) is 3.21. The third-order valence-electron chi connectivity index (χ3n) is 5.09. The van der Waals surface area contributed by atoms with Crippen LogP contribution in [0.3, 0.4) is 0 Å². The largest absolute Gasteiger partial charge is 0.336 e. The van der Waals surface area contributed by atoms with Crippen LogP contribution >= 0.6 is 0 Å². The molecule has 122 valence electrons. The highest BCUT2D eigenvalue weighted by Gasteiger charge is 2.30. The zero-order valence-corrected chi connectivity index (χ0v) is 14.1. The molecule has 3 rings (SSSR count). The number of carbonyl (C=O) groups is 1. The Balaban J connectivity index is 1.83. The van der Waals surface area contributed by atoms with Crippen molar-refractivity contribution in [1.82, 2.24) is 14.7 Å². The lowest BCUT2D eigenvalue weighted by Crippen LogP contribution is -2.41. The average Bonchev–Trinajstić information content (AvgIpc) is 2.80. The number of nitrogens with zero attached hydrogens (tertiary/aromatic N) is 3. The molecule has 4 nitrogen and oxygen atoms in total. The average molecular weight is 303 g/mol. The molecular weight excluding hydrogens is 274 g/mol. The van der Waals surface area contributed by atoms with Crippen LogP contribution in [0.1, 0.15) is 74.8 Å². The number of rotatable bonds is 3. The van der Waals surface area contributed by atoms with Gasteiger partial charge in [-0.3, -0.25) is 9.48 Å². The van der Waals surface area contributed by atoms with Crippen molar-refractivity contribution in [2.45, 2.75) is 77.8 Å². The van der Waals surface area contributed by atoms with Crippen LogP contribution < -0.4 is 0 Å². The number of aryl methyl sites for hydroxylation is 1. The summed E-state index contributed by atoms with van der Waals surface area (Å²) in [6.07, 6.45) is 11.1. The van der Waals surface area contributed by atoms with E-state index in [0.29, 0.717) is 12.0 Å². The van der Waals surface area contributed by atoms with Crippen molar-refractivity contribution in [3.05, 3.63) is 17.5 Å². The molecule has 0 radical (unpaired) electrons. The van der Waals surface area contributed by atoms with Crippen LogP contribution in [0, 0.1) is 5.92 Å². The summed E-state index contributed by atoms with van der Waals surface area (Å²) in [5, 5.41) is 4.45. The first-order chi connectivity index (χ1) is 10.7. The predicted molar refractivity (Wildman–Crippen MR) is 87.9 cm³/mol. The van der Waals surface area contributed by atoms with Gasteiger partial charge < -0.3 is 4.90 Å². The van der Waals surface area contributed by atoms with Gasteiger partial charge in [0.05, 0.1) is 17.5 Å². The van der Waals surface area contributed by atoms with E-state index in [-0.39, 0.29) is 5.91 Å². The summed E-state index contributed by atoms with van der Waals surface area (Å²) < 4.78 is 2.05. The number of amides is 1. The van der Waals surface area contributed by atoms with Crippen LogP contribution in [0.25, 0.3) is 0 Å². The normalized spacial score (nSPS) is 22.5. The summed E-state index contributed by atoms with van der Waals surface area (Å²) in [5.41, 5.74) is 2.04. The molecule has 1 fully saturated rings. The molecule has 1 aromatic rings. The van der Waals surface area contributed by atoms with Crippen molar-refractivity contribution in [1.29, 1.82) is 0 Å². The van der Waals surface area contributed by atoms with Gasteiger partial charge in [0, 0.05) is 19.1 Å². The summed E-state index contributed by atoms with van der Waals surface area (Å²) in [4.78, 5) is 15.3. The SMILES string of the molecule is CC(C)C[C@H]1CCCCCN1C(=O)c1cnn2c1CCCC2. The van der Waals surface area contributed by atoms with Crippen LogP contribution in [0.15, 0.2) is 6.20 Å². The van der Waals surface area contributed by atoms with Crippen molar-refractivity contribution < 1.29 is 4.79 Å². The summed E-state index contributed by atoms with van der Waals surface area (Å²) in [7, 11) is 0. The second-order valence-electron chi connectivity index (χ2n) is 7.32. The zero-order chi connectivity index (χ0) is 15.5. The molecule has 3 heterocycles. The lowest BCUT2D eigenvalue weighted by atomic mass is 9.98. The highest BCUT2D eigenvalue weighted by molar-refractivity contribution is 5.95. The van der Waals surface area contributed by atoms with E-state index in [1.807, 2.05) is 10.9 Å². The number of carbonyl (C=O) groups excluding carboxylic acids is 1. The van der Waals surface area contributed by atoms with Gasteiger partial charge in [-0.1, -0.05) is 26.7 Å². The first kappa shape index (κ1) is 15.6. The van der Waals surface area contributed by atoms with Crippen molar-refractivity contribution in [3.63, 3.8) is 0 Å². The van der Waals surface area contributed by atoms with E-state index in [9.17, 15) is 4.79 Å². The molecule has 0 aromatic carbocycles. The summed E-state index contributed by atoms with van der Waals surface area (Å²) in [6.45, 7) is 6.41. The minimum Gasteiger partial charge on any atom is -0.336 e. The number of fused-ring (bicyclic) bond motifs is 1. The maximum atomic E-state index is 13.2. The van der Waals surface area contributed by atoms with Crippen LogP contribution in [0.4, 0.5) is 0 Å². The molecule has 0 N–H and O–H groups in total. The van der Waals surface area contributed by atoms with Crippen molar-refractivity contribution in [2.24, 2.45) is 5.92 Å². The van der Waals surface area contributed by atoms with E-state index in [1.165, 1.54) is 31.4 Å². The number of hydrogen-bond donors (Lipinski definition) is 0. The monoisotopic (exact) mass is 303 g/mol. The predicted octanol–water partition coefficient (Wildman–Crippen LogP) is 3.65. The smallest absolute Gasteiger partial charge is 0.257 e. The molecule has 0 aliphatic carbocycles. The molecule has 22 heavy (non-hydrogen) atoms. The summed E-state index contributed by atoms with van der Waals surface area (Å²) >= 11 is 0. The Labute approximate surface area is 133 Å². The molecule has 1 aromatic heterocycles. The Morgan fingerprint density at radius 2 is 2.05 bits per heavy atom. The van der Waals surface area contributed by atoms with Crippen LogP contribution in [0.5, 0.6) is 0 Å². The van der Waals surface area contributed by atoms with Crippen molar-refractivity contribution in [2.75, 3.05) is 6.54 Å². The lowest BCUT2D eigenvalue weighted by Gasteiger charge is -2.31. The van der Waals surface area contributed by atoms with Crippen LogP contribution in [-0.4, -0.2) is 33.2 Å². The first-order valence-electron chi connectivity index (χ1n) is 9.02. The van der Waals surface area contributed by atoms with E-state index in [4.69, 9.17) is 0 Å². The first-order valence-corrected chi connectivity index (χ1v) is 9.02. The van der Waals surface area contributed by atoms with Crippen molar-refractivity contribution >= 4 is 5.91 Å². The standard InChI is InChI=1S/C18H29N3O/c1-14(2)12-15-8-4-3-6-10-20(15)18(22)16-13-19-21-11-7-5-9-17(16)21/h13-15H,3-12H2,1-2H3/t15-/m1/s1. The van der Waals surface area contributed by atoms with Crippen LogP contribution in [0.2, 0.25) is 0 Å². The second kappa shape index (κ2) is 6.84. The molecule has 2 aliphatic heterocycles. The van der Waals surface area contributed by atoms with Gasteiger partial charge in [0.15, 0.2) is 0 Å². The van der Waals surface area contributed by atoms with Gasteiger partial charge in [-0.05, 0) is 44.4 Å². The molecule has 1 amide bonds. The summed E-state index contributed by atoms with van der Waals surface area (Å²) in [5.74, 6) is 0.871. The van der Waals surface area contributed by atoms with Gasteiger partial charge in [-0.2, -0.15) is 5.10 Å². The van der Waals surface area contributed by atoms with E-state index < -0.39 is 0 Å². The van der Waals surface area contributed by atoms with E-state index in [2.05, 4.69) is 23.8 Å². The molecule has 0 saturated carbocycles. The third-order valence-corrected chi connectivity index (χ3v) is 5.09. The van der Waals surface area contributed by atoms with Gasteiger partial charge >= 0.3 is 0 Å². The molecule has 4 heteroatoms. The quantitative estimate of drug-likeness (QED) is 0.855. The zero-order valence-electron chi connectivity index (χ0n) is 14.1. The molecule has 1 atom stereocenters. The summed E-state index contributed by atoms with van der Waals surface area (Å²) in [6, 6.07) is 0.411. The van der Waals surface area contributed by atoms with Gasteiger partial charge in [0.25, 0.3) is 5.91 Å². The fourth-order valence-corrected chi connectivity index (χ4v) is 3.99. The van der Waals surface area contributed by atoms with E-state index in [1.54, 1.807) is 0 Å². The van der Waals surface area contributed by atoms with E-state index >= 15 is 0 Å². The minimum absolute atomic E-state index is 0.232. The topological polar surface area (TPSA) is 38.1 Å². The highest BCUT2D eigenvalue weighted by Crippen LogP contribution is 2.26. The van der Waals surface area contributed by atoms with Gasteiger partial charge in [-0.15, -0.1) is 0 Å². The Bertz CT molecular complexity index is 520. The molecule has 0 bridgehead atoms. The van der Waals surface area contributed by atoms with Gasteiger partial charge in [-0.25, -0.2) is 0 Å². The highest BCUT2D eigenvalue weighted by atomic mass is 16.2. The maximum Gasteiger partial charge on any atom is 0.257 e. The number of likely N-dealkylation sites (tertiary alicyclic amines) is 1. The van der Waals surface area contributed by atoms with Crippen molar-refractivity contribution in [3.8, 4) is 0 Å². The van der Waals surface area contributed by atoms with E-state index in [0.717, 1.165) is 44.3 Å². The van der Waals surface area contributed by atoms with Gasteiger partial charge in [0.1, 0.15) is 0 Å². The molecule has 1 saturated heterocycles. The maximum absolute atomic E-state index is 13.2. The number of aromatic nitrogens is 2.